The highest BCUT2D eigenvalue weighted by Crippen LogP contribution is 2.42. The SMILES string of the molecule is CC(C)C(N)=Nc1ccc2c(c1)OC(F)(F)O2. The number of halogens is 2. The van der Waals surface area contributed by atoms with Gasteiger partial charge in [-0.05, 0) is 12.1 Å². The van der Waals surface area contributed by atoms with Crippen molar-refractivity contribution >= 4 is 11.5 Å². The van der Waals surface area contributed by atoms with Crippen molar-refractivity contribution in [3.05, 3.63) is 18.2 Å². The Bertz CT molecular complexity index is 473. The van der Waals surface area contributed by atoms with Gasteiger partial charge in [-0.25, -0.2) is 4.99 Å². The van der Waals surface area contributed by atoms with Crippen molar-refractivity contribution in [2.45, 2.75) is 20.1 Å². The molecule has 1 aromatic rings. The van der Waals surface area contributed by atoms with Crippen LogP contribution in [-0.4, -0.2) is 12.1 Å². The van der Waals surface area contributed by atoms with E-state index in [0.29, 0.717) is 11.5 Å². The first-order chi connectivity index (χ1) is 7.87. The average Bonchev–Trinajstić information content (AvgIpc) is 2.50. The van der Waals surface area contributed by atoms with E-state index in [0.717, 1.165) is 0 Å². The molecule has 4 nitrogen and oxygen atoms in total. The summed E-state index contributed by atoms with van der Waals surface area (Å²) in [6.45, 7) is 3.78. The van der Waals surface area contributed by atoms with E-state index in [1.165, 1.54) is 12.1 Å². The Hall–Kier alpha value is -1.85. The summed E-state index contributed by atoms with van der Waals surface area (Å²) >= 11 is 0. The van der Waals surface area contributed by atoms with E-state index < -0.39 is 6.29 Å². The van der Waals surface area contributed by atoms with Crippen LogP contribution in [0.2, 0.25) is 0 Å². The van der Waals surface area contributed by atoms with Crippen molar-refractivity contribution in [1.29, 1.82) is 0 Å². The van der Waals surface area contributed by atoms with Gasteiger partial charge in [0.05, 0.1) is 5.69 Å². The highest BCUT2D eigenvalue weighted by Gasteiger charge is 2.43. The number of nitrogens with zero attached hydrogens (tertiary/aromatic N) is 1. The second kappa shape index (κ2) is 3.87. The molecule has 1 heterocycles. The quantitative estimate of drug-likeness (QED) is 0.640. The van der Waals surface area contributed by atoms with E-state index in [2.05, 4.69) is 14.5 Å². The number of ether oxygens (including phenoxy) is 2. The molecular weight excluding hydrogens is 230 g/mol. The molecule has 0 atom stereocenters. The number of alkyl halides is 2. The van der Waals surface area contributed by atoms with E-state index in [9.17, 15) is 8.78 Å². The molecule has 6 heteroatoms. The molecule has 0 fully saturated rings. The summed E-state index contributed by atoms with van der Waals surface area (Å²) in [6, 6.07) is 4.28. The molecule has 1 aliphatic rings. The maximum Gasteiger partial charge on any atom is 0.586 e. The Morgan fingerprint density at radius 1 is 1.29 bits per heavy atom. The van der Waals surface area contributed by atoms with Crippen LogP contribution in [-0.2, 0) is 0 Å². The highest BCUT2D eigenvalue weighted by atomic mass is 19.3. The molecule has 1 aliphatic heterocycles. The maximum atomic E-state index is 12.8. The van der Waals surface area contributed by atoms with Crippen LogP contribution in [0.4, 0.5) is 14.5 Å². The van der Waals surface area contributed by atoms with E-state index in [1.807, 2.05) is 13.8 Å². The van der Waals surface area contributed by atoms with Crippen LogP contribution in [0.25, 0.3) is 0 Å². The molecule has 0 saturated carbocycles. The van der Waals surface area contributed by atoms with Crippen molar-refractivity contribution in [2.75, 3.05) is 0 Å². The molecule has 0 bridgehead atoms. The fourth-order valence-electron chi connectivity index (χ4n) is 1.29. The van der Waals surface area contributed by atoms with Gasteiger partial charge in [0.15, 0.2) is 11.5 Å². The van der Waals surface area contributed by atoms with E-state index in [4.69, 9.17) is 5.73 Å². The summed E-state index contributed by atoms with van der Waals surface area (Å²) in [5.74, 6) is 0.474. The molecule has 0 aliphatic carbocycles. The van der Waals surface area contributed by atoms with Gasteiger partial charge in [0, 0.05) is 12.0 Å². The zero-order chi connectivity index (χ0) is 12.6. The number of amidine groups is 1. The third-order valence-corrected chi connectivity index (χ3v) is 2.23. The van der Waals surface area contributed by atoms with Gasteiger partial charge in [-0.15, -0.1) is 8.78 Å². The van der Waals surface area contributed by atoms with Crippen molar-refractivity contribution in [3.8, 4) is 11.5 Å². The van der Waals surface area contributed by atoms with Crippen molar-refractivity contribution in [2.24, 2.45) is 16.6 Å². The standard InChI is InChI=1S/C11H12F2N2O2/c1-6(2)10(14)15-7-3-4-8-9(5-7)17-11(12,13)16-8/h3-6H,1-2H3,(H2,14,15). The fourth-order valence-corrected chi connectivity index (χ4v) is 1.29. The summed E-state index contributed by atoms with van der Waals surface area (Å²) in [7, 11) is 0. The van der Waals surface area contributed by atoms with Gasteiger partial charge in [0.2, 0.25) is 0 Å². The lowest BCUT2D eigenvalue weighted by Crippen LogP contribution is -2.25. The predicted molar refractivity (Wildman–Crippen MR) is 58.8 cm³/mol. The van der Waals surface area contributed by atoms with Gasteiger partial charge in [-0.1, -0.05) is 13.8 Å². The lowest BCUT2D eigenvalue weighted by Gasteiger charge is -2.04. The van der Waals surface area contributed by atoms with Crippen molar-refractivity contribution in [1.82, 2.24) is 0 Å². The summed E-state index contributed by atoms with van der Waals surface area (Å²) in [6.07, 6.45) is -3.60. The number of fused-ring (bicyclic) bond motifs is 1. The fraction of sp³-hybridized carbons (Fsp3) is 0.364. The van der Waals surface area contributed by atoms with Gasteiger partial charge >= 0.3 is 6.29 Å². The van der Waals surface area contributed by atoms with Crippen LogP contribution in [0, 0.1) is 5.92 Å². The molecule has 17 heavy (non-hydrogen) atoms. The minimum atomic E-state index is -3.60. The molecule has 92 valence electrons. The van der Waals surface area contributed by atoms with Crippen LogP contribution in [0.1, 0.15) is 13.8 Å². The number of rotatable bonds is 2. The zero-order valence-corrected chi connectivity index (χ0v) is 9.41. The summed E-state index contributed by atoms with van der Waals surface area (Å²) in [4.78, 5) is 4.10. The van der Waals surface area contributed by atoms with Crippen LogP contribution in [0.15, 0.2) is 23.2 Å². The van der Waals surface area contributed by atoms with Crippen LogP contribution < -0.4 is 15.2 Å². The minimum absolute atomic E-state index is 0.00271. The van der Waals surface area contributed by atoms with Crippen LogP contribution >= 0.6 is 0 Å². The summed E-state index contributed by atoms with van der Waals surface area (Å²) < 4.78 is 34.1. The number of nitrogens with two attached hydrogens (primary N) is 1. The average molecular weight is 242 g/mol. The van der Waals surface area contributed by atoms with Gasteiger partial charge in [-0.3, -0.25) is 0 Å². The second-order valence-electron chi connectivity index (χ2n) is 3.99. The number of hydrogen-bond acceptors (Lipinski definition) is 3. The number of benzene rings is 1. The lowest BCUT2D eigenvalue weighted by molar-refractivity contribution is -0.286. The largest absolute Gasteiger partial charge is 0.586 e. The Kier molecular flexibility index (Phi) is 2.65. The van der Waals surface area contributed by atoms with Crippen LogP contribution in [0.5, 0.6) is 11.5 Å². The zero-order valence-electron chi connectivity index (χ0n) is 9.41. The molecule has 1 aromatic carbocycles. The predicted octanol–water partition coefficient (Wildman–Crippen LogP) is 2.65. The Balaban J connectivity index is 2.28. The molecule has 0 radical (unpaired) electrons. The maximum absolute atomic E-state index is 12.8. The third-order valence-electron chi connectivity index (χ3n) is 2.23. The van der Waals surface area contributed by atoms with E-state index >= 15 is 0 Å². The lowest BCUT2D eigenvalue weighted by atomic mass is 10.2. The topological polar surface area (TPSA) is 56.8 Å². The molecular formula is C11H12F2N2O2. The van der Waals surface area contributed by atoms with Gasteiger partial charge in [0.25, 0.3) is 0 Å². The first-order valence-corrected chi connectivity index (χ1v) is 5.11. The van der Waals surface area contributed by atoms with Crippen LogP contribution in [0.3, 0.4) is 0 Å². The van der Waals surface area contributed by atoms with E-state index in [1.54, 1.807) is 6.07 Å². The molecule has 2 N–H and O–H groups in total. The minimum Gasteiger partial charge on any atom is -0.395 e. The summed E-state index contributed by atoms with van der Waals surface area (Å²) in [5, 5.41) is 0. The highest BCUT2D eigenvalue weighted by molar-refractivity contribution is 5.85. The first kappa shape index (κ1) is 11.6. The van der Waals surface area contributed by atoms with E-state index in [-0.39, 0.29) is 17.4 Å². The monoisotopic (exact) mass is 242 g/mol. The Morgan fingerprint density at radius 3 is 2.59 bits per heavy atom. The molecule has 0 amide bonds. The molecule has 2 rings (SSSR count). The number of hydrogen-bond donors (Lipinski definition) is 1. The number of aliphatic imine (C=N–C) groups is 1. The first-order valence-electron chi connectivity index (χ1n) is 5.11. The van der Waals surface area contributed by atoms with Crippen molar-refractivity contribution < 1.29 is 18.3 Å². The van der Waals surface area contributed by atoms with Crippen molar-refractivity contribution in [3.63, 3.8) is 0 Å². The molecule has 0 aromatic heterocycles. The smallest absolute Gasteiger partial charge is 0.395 e. The molecule has 0 spiro atoms. The Labute approximate surface area is 97.0 Å². The Morgan fingerprint density at radius 2 is 1.94 bits per heavy atom. The summed E-state index contributed by atoms with van der Waals surface area (Å²) in [5.41, 5.74) is 6.13. The van der Waals surface area contributed by atoms with Gasteiger partial charge in [0.1, 0.15) is 5.84 Å². The van der Waals surface area contributed by atoms with Gasteiger partial charge in [-0.2, -0.15) is 0 Å². The molecule has 0 unspecified atom stereocenters. The second-order valence-corrected chi connectivity index (χ2v) is 3.99. The normalized spacial score (nSPS) is 17.6. The third kappa shape index (κ3) is 2.46. The van der Waals surface area contributed by atoms with Gasteiger partial charge < -0.3 is 15.2 Å². The molecule has 0 saturated heterocycles.